The molecule has 0 radical (unpaired) electrons. The number of fused-ring (bicyclic) bond motifs is 1. The number of Topliss-reactive ketones (excluding diaryl/α,β-unsaturated/α-hetero) is 1. The Morgan fingerprint density at radius 3 is 2.58 bits per heavy atom. The van der Waals surface area contributed by atoms with Gasteiger partial charge in [-0.25, -0.2) is 0 Å². The smallest absolute Gasteiger partial charge is 0.295 e. The first-order valence-electron chi connectivity index (χ1n) is 14.4. The van der Waals surface area contributed by atoms with Gasteiger partial charge in [-0.2, -0.15) is 0 Å². The van der Waals surface area contributed by atoms with E-state index in [-0.39, 0.29) is 17.4 Å². The Hall–Kier alpha value is -3.52. The first-order chi connectivity index (χ1) is 19.2. The molecule has 8 heteroatoms. The van der Waals surface area contributed by atoms with Crippen LogP contribution in [0.15, 0.2) is 42.0 Å². The van der Waals surface area contributed by atoms with Crippen molar-refractivity contribution < 1.29 is 28.9 Å². The SMILES string of the molecule is CCCCCOc1ccc(C2/C(=C(/O)c3ccc4c(c3)CC(C)O4)C(=O)C(=O)N2CCCN(C)C)cc1OCC. The third-order valence-corrected chi connectivity index (χ3v) is 7.30. The number of likely N-dealkylation sites (tertiary alicyclic amines) is 1. The summed E-state index contributed by atoms with van der Waals surface area (Å²) in [5, 5.41) is 11.5. The molecule has 8 nitrogen and oxygen atoms in total. The molecule has 0 spiro atoms. The molecule has 2 aromatic carbocycles. The molecule has 2 heterocycles. The largest absolute Gasteiger partial charge is 0.507 e. The Balaban J connectivity index is 1.76. The van der Waals surface area contributed by atoms with E-state index < -0.39 is 17.7 Å². The summed E-state index contributed by atoms with van der Waals surface area (Å²) in [4.78, 5) is 30.5. The fraction of sp³-hybridized carbons (Fsp3) is 0.500. The molecule has 0 saturated carbocycles. The highest BCUT2D eigenvalue weighted by atomic mass is 16.5. The molecular weight excluding hydrogens is 508 g/mol. The van der Waals surface area contributed by atoms with Crippen molar-refractivity contribution in [1.29, 1.82) is 0 Å². The summed E-state index contributed by atoms with van der Waals surface area (Å²) < 4.78 is 17.7. The van der Waals surface area contributed by atoms with E-state index in [9.17, 15) is 14.7 Å². The summed E-state index contributed by atoms with van der Waals surface area (Å²) in [5.74, 6) is 0.480. The van der Waals surface area contributed by atoms with Crippen LogP contribution in [-0.4, -0.2) is 73.1 Å². The number of aliphatic hydroxyl groups excluding tert-OH is 1. The van der Waals surface area contributed by atoms with Crippen molar-refractivity contribution in [2.75, 3.05) is 40.4 Å². The molecule has 2 aromatic rings. The molecule has 2 atom stereocenters. The average Bonchev–Trinajstić information content (AvgIpc) is 3.42. The second-order valence-corrected chi connectivity index (χ2v) is 10.8. The van der Waals surface area contributed by atoms with Crippen molar-refractivity contribution in [1.82, 2.24) is 9.80 Å². The zero-order chi connectivity index (χ0) is 28.8. The second kappa shape index (κ2) is 13.2. The van der Waals surface area contributed by atoms with Gasteiger partial charge in [0.15, 0.2) is 11.5 Å². The van der Waals surface area contributed by atoms with Gasteiger partial charge in [-0.05, 0) is 88.8 Å². The molecule has 2 aliphatic rings. The molecule has 2 unspecified atom stereocenters. The van der Waals surface area contributed by atoms with E-state index in [0.29, 0.717) is 48.8 Å². The lowest BCUT2D eigenvalue weighted by Crippen LogP contribution is -2.32. The topological polar surface area (TPSA) is 88.5 Å². The Morgan fingerprint density at radius 1 is 1.05 bits per heavy atom. The van der Waals surface area contributed by atoms with Crippen LogP contribution in [0.1, 0.15) is 69.2 Å². The quantitative estimate of drug-likeness (QED) is 0.156. The van der Waals surface area contributed by atoms with Gasteiger partial charge in [0.2, 0.25) is 0 Å². The van der Waals surface area contributed by atoms with Crippen LogP contribution < -0.4 is 14.2 Å². The van der Waals surface area contributed by atoms with Crippen LogP contribution in [0.2, 0.25) is 0 Å². The van der Waals surface area contributed by atoms with Crippen LogP contribution in [0, 0.1) is 0 Å². The predicted octanol–water partition coefficient (Wildman–Crippen LogP) is 5.35. The molecule has 40 heavy (non-hydrogen) atoms. The van der Waals surface area contributed by atoms with Gasteiger partial charge in [0, 0.05) is 18.5 Å². The van der Waals surface area contributed by atoms with Crippen molar-refractivity contribution in [3.63, 3.8) is 0 Å². The Bertz CT molecular complexity index is 1250. The zero-order valence-corrected chi connectivity index (χ0v) is 24.4. The summed E-state index contributed by atoms with van der Waals surface area (Å²) in [6.45, 7) is 8.19. The molecule has 1 amide bonds. The lowest BCUT2D eigenvalue weighted by Gasteiger charge is -2.26. The van der Waals surface area contributed by atoms with Crippen molar-refractivity contribution >= 4 is 17.4 Å². The van der Waals surface area contributed by atoms with E-state index in [1.54, 1.807) is 11.0 Å². The number of benzene rings is 2. The fourth-order valence-electron chi connectivity index (χ4n) is 5.36. The van der Waals surface area contributed by atoms with Crippen LogP contribution in [0.3, 0.4) is 0 Å². The monoisotopic (exact) mass is 550 g/mol. The summed E-state index contributed by atoms with van der Waals surface area (Å²) in [7, 11) is 3.94. The van der Waals surface area contributed by atoms with Gasteiger partial charge in [-0.1, -0.05) is 25.8 Å². The van der Waals surface area contributed by atoms with E-state index in [0.717, 1.165) is 43.5 Å². The van der Waals surface area contributed by atoms with Gasteiger partial charge in [-0.3, -0.25) is 9.59 Å². The van der Waals surface area contributed by atoms with Gasteiger partial charge in [0.1, 0.15) is 17.6 Å². The van der Waals surface area contributed by atoms with Crippen LogP contribution in [0.25, 0.3) is 5.76 Å². The molecular formula is C32H42N2O6. The number of ether oxygens (including phenoxy) is 3. The minimum atomic E-state index is -0.751. The van der Waals surface area contributed by atoms with Gasteiger partial charge in [0.05, 0.1) is 24.8 Å². The molecule has 0 bridgehead atoms. The lowest BCUT2D eigenvalue weighted by atomic mass is 9.94. The van der Waals surface area contributed by atoms with Crippen molar-refractivity contribution in [2.45, 2.75) is 65.0 Å². The summed E-state index contributed by atoms with van der Waals surface area (Å²) in [6, 6.07) is 10.2. The predicted molar refractivity (Wildman–Crippen MR) is 155 cm³/mol. The Kier molecular flexibility index (Phi) is 9.74. The maximum Gasteiger partial charge on any atom is 0.295 e. The van der Waals surface area contributed by atoms with Gasteiger partial charge in [0.25, 0.3) is 11.7 Å². The molecule has 0 aromatic heterocycles. The lowest BCUT2D eigenvalue weighted by molar-refractivity contribution is -0.139. The number of carbonyl (C=O) groups is 2. The third kappa shape index (κ3) is 6.44. The number of hydrogen-bond donors (Lipinski definition) is 1. The number of hydrogen-bond acceptors (Lipinski definition) is 7. The van der Waals surface area contributed by atoms with Crippen LogP contribution >= 0.6 is 0 Å². The molecule has 216 valence electrons. The standard InChI is InChI=1S/C32H42N2O6/c1-6-8-9-17-39-26-14-11-22(20-27(26)38-7-2)29-28(31(36)32(37)34(29)16-10-15-33(4)5)30(35)23-12-13-25-24(19-23)18-21(3)40-25/h11-14,19-21,29,35H,6-10,15-18H2,1-5H3/b30-28-. The van der Waals surface area contributed by atoms with Gasteiger partial charge >= 0.3 is 0 Å². The van der Waals surface area contributed by atoms with Crippen LogP contribution in [0.5, 0.6) is 17.2 Å². The molecule has 2 aliphatic heterocycles. The molecule has 0 aliphatic carbocycles. The van der Waals surface area contributed by atoms with E-state index in [4.69, 9.17) is 14.2 Å². The van der Waals surface area contributed by atoms with E-state index >= 15 is 0 Å². The van der Waals surface area contributed by atoms with Crippen molar-refractivity contribution in [3.05, 3.63) is 58.7 Å². The maximum atomic E-state index is 13.5. The van der Waals surface area contributed by atoms with Gasteiger partial charge < -0.3 is 29.1 Å². The Morgan fingerprint density at radius 2 is 1.85 bits per heavy atom. The number of rotatable bonds is 13. The van der Waals surface area contributed by atoms with Crippen LogP contribution in [-0.2, 0) is 16.0 Å². The highest BCUT2D eigenvalue weighted by Gasteiger charge is 2.46. The normalized spacial score (nSPS) is 19.7. The summed E-state index contributed by atoms with van der Waals surface area (Å²) >= 11 is 0. The number of unbranched alkanes of at least 4 members (excludes halogenated alkanes) is 2. The summed E-state index contributed by atoms with van der Waals surface area (Å²) in [5.41, 5.74) is 2.24. The number of carbonyl (C=O) groups excluding carboxylic acids is 2. The molecule has 4 rings (SSSR count). The summed E-state index contributed by atoms with van der Waals surface area (Å²) in [6.07, 6.45) is 4.58. The maximum absolute atomic E-state index is 13.5. The van der Waals surface area contributed by atoms with Crippen LogP contribution in [0.4, 0.5) is 0 Å². The van der Waals surface area contributed by atoms with Crippen molar-refractivity contribution in [3.8, 4) is 17.2 Å². The second-order valence-electron chi connectivity index (χ2n) is 10.8. The van der Waals surface area contributed by atoms with E-state index in [2.05, 4.69) is 6.92 Å². The minimum absolute atomic E-state index is 0.0503. The van der Waals surface area contributed by atoms with Crippen molar-refractivity contribution in [2.24, 2.45) is 0 Å². The number of aliphatic hydroxyl groups is 1. The average molecular weight is 551 g/mol. The van der Waals surface area contributed by atoms with Gasteiger partial charge in [-0.15, -0.1) is 0 Å². The highest BCUT2D eigenvalue weighted by Crippen LogP contribution is 2.43. The molecule has 1 saturated heterocycles. The minimum Gasteiger partial charge on any atom is -0.507 e. The number of ketones is 1. The molecule has 1 fully saturated rings. The molecule has 1 N–H and O–H groups in total. The first-order valence-corrected chi connectivity index (χ1v) is 14.4. The van der Waals surface area contributed by atoms with E-state index in [1.165, 1.54) is 0 Å². The van der Waals surface area contributed by atoms with E-state index in [1.807, 2.05) is 63.2 Å². The highest BCUT2D eigenvalue weighted by molar-refractivity contribution is 6.46. The zero-order valence-electron chi connectivity index (χ0n) is 24.4. The first kappa shape index (κ1) is 29.5. The number of amides is 1. The Labute approximate surface area is 237 Å². The number of nitrogens with zero attached hydrogens (tertiary/aromatic N) is 2. The fourth-order valence-corrected chi connectivity index (χ4v) is 5.36. The third-order valence-electron chi connectivity index (χ3n) is 7.30.